The largest absolute Gasteiger partial charge is 0.461 e. The standard InChI is InChI=1S/C17H17F2NO4S/c1-10-4-5-13(9-24-12(3)21)7-16(10)20-25(22,23)17-6-11(2)14(18)8-15(17)19/h4-8,20H,9H2,1-3H3. The summed E-state index contributed by atoms with van der Waals surface area (Å²) in [4.78, 5) is 10.2. The molecule has 0 atom stereocenters. The molecular formula is C17H17F2NO4S. The number of aryl methyl sites for hydroxylation is 2. The van der Waals surface area contributed by atoms with Crippen molar-refractivity contribution in [1.29, 1.82) is 0 Å². The van der Waals surface area contributed by atoms with Crippen LogP contribution in [0.3, 0.4) is 0 Å². The van der Waals surface area contributed by atoms with E-state index < -0.39 is 32.5 Å². The van der Waals surface area contributed by atoms with Crippen LogP contribution in [-0.2, 0) is 26.2 Å². The Morgan fingerprint density at radius 3 is 2.40 bits per heavy atom. The first-order chi connectivity index (χ1) is 11.6. The average molecular weight is 369 g/mol. The number of esters is 1. The lowest BCUT2D eigenvalue weighted by atomic mass is 10.1. The van der Waals surface area contributed by atoms with E-state index in [4.69, 9.17) is 4.74 Å². The molecule has 0 bridgehead atoms. The average Bonchev–Trinajstić information content (AvgIpc) is 2.51. The predicted molar refractivity (Wildman–Crippen MR) is 88.6 cm³/mol. The molecule has 25 heavy (non-hydrogen) atoms. The molecule has 134 valence electrons. The molecule has 0 spiro atoms. The first-order valence-electron chi connectivity index (χ1n) is 7.31. The molecule has 5 nitrogen and oxygen atoms in total. The minimum absolute atomic E-state index is 0.0158. The highest BCUT2D eigenvalue weighted by Crippen LogP contribution is 2.24. The number of hydrogen-bond donors (Lipinski definition) is 1. The van der Waals surface area contributed by atoms with E-state index >= 15 is 0 Å². The monoisotopic (exact) mass is 369 g/mol. The Bertz CT molecular complexity index is 926. The van der Waals surface area contributed by atoms with Gasteiger partial charge in [-0.05, 0) is 42.7 Å². The van der Waals surface area contributed by atoms with Crippen LogP contribution in [0.15, 0.2) is 35.2 Å². The van der Waals surface area contributed by atoms with E-state index in [1.165, 1.54) is 19.9 Å². The number of halogens is 2. The molecule has 2 rings (SSSR count). The molecule has 0 aliphatic rings. The highest BCUT2D eigenvalue weighted by atomic mass is 32.2. The molecule has 0 saturated heterocycles. The number of carbonyl (C=O) groups excluding carboxylic acids is 1. The molecule has 0 aliphatic carbocycles. The van der Waals surface area contributed by atoms with Gasteiger partial charge in [0.1, 0.15) is 23.1 Å². The zero-order valence-electron chi connectivity index (χ0n) is 13.9. The Morgan fingerprint density at radius 1 is 1.08 bits per heavy atom. The van der Waals surface area contributed by atoms with Crippen molar-refractivity contribution in [3.63, 3.8) is 0 Å². The van der Waals surface area contributed by atoms with E-state index in [0.717, 1.165) is 6.07 Å². The van der Waals surface area contributed by atoms with E-state index in [1.807, 2.05) is 0 Å². The predicted octanol–water partition coefficient (Wildman–Crippen LogP) is 3.45. The normalized spacial score (nSPS) is 11.2. The van der Waals surface area contributed by atoms with Gasteiger partial charge in [-0.2, -0.15) is 0 Å². The first-order valence-corrected chi connectivity index (χ1v) is 8.80. The Balaban J connectivity index is 2.36. The summed E-state index contributed by atoms with van der Waals surface area (Å²) in [6.45, 7) is 4.25. The number of carbonyl (C=O) groups is 1. The van der Waals surface area contributed by atoms with Gasteiger partial charge in [0.2, 0.25) is 0 Å². The van der Waals surface area contributed by atoms with Crippen LogP contribution in [0.5, 0.6) is 0 Å². The summed E-state index contributed by atoms with van der Waals surface area (Å²) in [7, 11) is -4.25. The highest BCUT2D eigenvalue weighted by molar-refractivity contribution is 7.92. The second-order valence-electron chi connectivity index (χ2n) is 5.57. The fraction of sp³-hybridized carbons (Fsp3) is 0.235. The molecule has 2 aromatic carbocycles. The SMILES string of the molecule is CC(=O)OCc1ccc(C)c(NS(=O)(=O)c2cc(C)c(F)cc2F)c1. The van der Waals surface area contributed by atoms with E-state index in [9.17, 15) is 22.0 Å². The highest BCUT2D eigenvalue weighted by Gasteiger charge is 2.22. The number of sulfonamides is 1. The van der Waals surface area contributed by atoms with Gasteiger partial charge in [0.15, 0.2) is 0 Å². The summed E-state index contributed by atoms with van der Waals surface area (Å²) in [6, 6.07) is 6.28. The van der Waals surface area contributed by atoms with Gasteiger partial charge < -0.3 is 4.74 Å². The zero-order valence-corrected chi connectivity index (χ0v) is 14.7. The quantitative estimate of drug-likeness (QED) is 0.820. The molecular weight excluding hydrogens is 352 g/mol. The van der Waals surface area contributed by atoms with Gasteiger partial charge in [0.05, 0.1) is 5.69 Å². The van der Waals surface area contributed by atoms with Crippen LogP contribution < -0.4 is 4.72 Å². The third kappa shape index (κ3) is 4.54. The van der Waals surface area contributed by atoms with E-state index in [0.29, 0.717) is 17.2 Å². The topological polar surface area (TPSA) is 72.5 Å². The minimum atomic E-state index is -4.25. The summed E-state index contributed by atoms with van der Waals surface area (Å²) in [5.41, 5.74) is 1.39. The summed E-state index contributed by atoms with van der Waals surface area (Å²) < 4.78 is 59.3. The number of rotatable bonds is 5. The lowest BCUT2D eigenvalue weighted by molar-refractivity contribution is -0.142. The van der Waals surface area contributed by atoms with Crippen LogP contribution in [0.4, 0.5) is 14.5 Å². The molecule has 0 aromatic heterocycles. The molecule has 0 amide bonds. The molecule has 0 aliphatic heterocycles. The Kier molecular flexibility index (Phi) is 5.42. The van der Waals surface area contributed by atoms with Crippen molar-refractivity contribution in [1.82, 2.24) is 0 Å². The zero-order chi connectivity index (χ0) is 18.8. The molecule has 2 aromatic rings. The van der Waals surface area contributed by atoms with Crippen molar-refractivity contribution in [2.24, 2.45) is 0 Å². The van der Waals surface area contributed by atoms with Crippen LogP contribution in [-0.4, -0.2) is 14.4 Å². The van der Waals surface area contributed by atoms with Crippen LogP contribution >= 0.6 is 0 Å². The van der Waals surface area contributed by atoms with Gasteiger partial charge in [0.25, 0.3) is 10.0 Å². The summed E-state index contributed by atoms with van der Waals surface area (Å²) in [5, 5.41) is 0. The van der Waals surface area contributed by atoms with Gasteiger partial charge in [-0.25, -0.2) is 17.2 Å². The minimum Gasteiger partial charge on any atom is -0.461 e. The fourth-order valence-corrected chi connectivity index (χ4v) is 3.36. The lowest BCUT2D eigenvalue weighted by Crippen LogP contribution is -2.16. The Morgan fingerprint density at radius 2 is 1.76 bits per heavy atom. The Hall–Kier alpha value is -2.48. The van der Waals surface area contributed by atoms with Crippen molar-refractivity contribution >= 4 is 21.7 Å². The van der Waals surface area contributed by atoms with Gasteiger partial charge in [-0.15, -0.1) is 0 Å². The number of benzene rings is 2. The van der Waals surface area contributed by atoms with Crippen LogP contribution in [0.2, 0.25) is 0 Å². The first kappa shape index (κ1) is 18.9. The molecule has 0 fully saturated rings. The summed E-state index contributed by atoms with van der Waals surface area (Å²) >= 11 is 0. The van der Waals surface area contributed by atoms with Crippen molar-refractivity contribution in [3.8, 4) is 0 Å². The number of nitrogens with one attached hydrogen (secondary N) is 1. The van der Waals surface area contributed by atoms with Gasteiger partial charge in [-0.1, -0.05) is 12.1 Å². The number of hydrogen-bond acceptors (Lipinski definition) is 4. The maximum atomic E-state index is 13.9. The van der Waals surface area contributed by atoms with Crippen LogP contribution in [0.25, 0.3) is 0 Å². The molecule has 0 heterocycles. The third-order valence-corrected chi connectivity index (χ3v) is 4.87. The second-order valence-corrected chi connectivity index (χ2v) is 7.22. The summed E-state index contributed by atoms with van der Waals surface area (Å²) in [5.74, 6) is -2.47. The Labute approximate surface area is 144 Å². The number of anilines is 1. The van der Waals surface area contributed by atoms with E-state index in [2.05, 4.69) is 4.72 Å². The van der Waals surface area contributed by atoms with Crippen LogP contribution in [0, 0.1) is 25.5 Å². The third-order valence-electron chi connectivity index (χ3n) is 3.49. The van der Waals surface area contributed by atoms with Gasteiger partial charge in [-0.3, -0.25) is 9.52 Å². The van der Waals surface area contributed by atoms with E-state index in [-0.39, 0.29) is 17.9 Å². The van der Waals surface area contributed by atoms with Gasteiger partial charge >= 0.3 is 5.97 Å². The van der Waals surface area contributed by atoms with Crippen molar-refractivity contribution in [2.75, 3.05) is 4.72 Å². The van der Waals surface area contributed by atoms with Crippen molar-refractivity contribution in [3.05, 3.63) is 58.7 Å². The molecule has 0 saturated carbocycles. The molecule has 8 heteroatoms. The summed E-state index contributed by atoms with van der Waals surface area (Å²) in [6.07, 6.45) is 0. The molecule has 0 unspecified atom stereocenters. The smallest absolute Gasteiger partial charge is 0.302 e. The van der Waals surface area contributed by atoms with Crippen molar-refractivity contribution < 1.29 is 26.7 Å². The fourth-order valence-electron chi connectivity index (χ4n) is 2.09. The maximum absolute atomic E-state index is 13.9. The number of ether oxygens (including phenoxy) is 1. The lowest BCUT2D eigenvalue weighted by Gasteiger charge is -2.13. The second kappa shape index (κ2) is 7.18. The van der Waals surface area contributed by atoms with E-state index in [1.54, 1.807) is 19.1 Å². The molecule has 1 N–H and O–H groups in total. The van der Waals surface area contributed by atoms with Crippen molar-refractivity contribution in [2.45, 2.75) is 32.3 Å². The maximum Gasteiger partial charge on any atom is 0.302 e. The van der Waals surface area contributed by atoms with Crippen LogP contribution in [0.1, 0.15) is 23.6 Å². The molecule has 0 radical (unpaired) electrons. The van der Waals surface area contributed by atoms with Gasteiger partial charge in [0, 0.05) is 13.0 Å².